The standard InChI is InChI=1S/C15H20FN3/c1-4-13(9(2)3)19-15-11(16)8-12(17)10-6-5-7-18-14(10)15/h5-9,13,19H,4,17H2,1-3H3. The summed E-state index contributed by atoms with van der Waals surface area (Å²) in [6.07, 6.45) is 2.58. The molecule has 1 unspecified atom stereocenters. The van der Waals surface area contributed by atoms with Gasteiger partial charge in [0.1, 0.15) is 0 Å². The van der Waals surface area contributed by atoms with Crippen LogP contribution in [0, 0.1) is 11.7 Å². The number of rotatable bonds is 4. The second kappa shape index (κ2) is 5.43. The highest BCUT2D eigenvalue weighted by Crippen LogP contribution is 2.31. The Labute approximate surface area is 113 Å². The predicted octanol–water partition coefficient (Wildman–Crippen LogP) is 3.80. The van der Waals surface area contributed by atoms with Gasteiger partial charge in [-0.05, 0) is 30.5 Å². The van der Waals surface area contributed by atoms with Gasteiger partial charge in [0.05, 0.1) is 11.2 Å². The van der Waals surface area contributed by atoms with Crippen LogP contribution in [0.15, 0.2) is 24.4 Å². The highest BCUT2D eigenvalue weighted by molar-refractivity contribution is 5.98. The molecule has 0 saturated heterocycles. The zero-order chi connectivity index (χ0) is 14.0. The molecule has 2 aromatic rings. The van der Waals surface area contributed by atoms with Crippen LogP contribution in [0.1, 0.15) is 27.2 Å². The molecule has 102 valence electrons. The third-order valence-corrected chi connectivity index (χ3v) is 3.45. The molecule has 1 aromatic heterocycles. The van der Waals surface area contributed by atoms with Crippen molar-refractivity contribution in [3.05, 3.63) is 30.2 Å². The van der Waals surface area contributed by atoms with E-state index in [-0.39, 0.29) is 11.9 Å². The maximum atomic E-state index is 14.2. The maximum Gasteiger partial charge on any atom is 0.150 e. The molecule has 19 heavy (non-hydrogen) atoms. The number of hydrogen-bond acceptors (Lipinski definition) is 3. The van der Waals surface area contributed by atoms with Crippen LogP contribution < -0.4 is 11.1 Å². The Morgan fingerprint density at radius 1 is 1.42 bits per heavy atom. The number of nitrogens with two attached hydrogens (primary N) is 1. The number of aromatic nitrogens is 1. The van der Waals surface area contributed by atoms with Gasteiger partial charge < -0.3 is 11.1 Å². The van der Waals surface area contributed by atoms with Crippen LogP contribution in [0.4, 0.5) is 15.8 Å². The monoisotopic (exact) mass is 261 g/mol. The molecular formula is C15H20FN3. The summed E-state index contributed by atoms with van der Waals surface area (Å²) in [4.78, 5) is 4.27. The molecule has 2 rings (SSSR count). The summed E-state index contributed by atoms with van der Waals surface area (Å²) in [7, 11) is 0. The lowest BCUT2D eigenvalue weighted by Gasteiger charge is -2.23. The van der Waals surface area contributed by atoms with Gasteiger partial charge in [0.15, 0.2) is 5.82 Å². The lowest BCUT2D eigenvalue weighted by atomic mass is 10.0. The highest BCUT2D eigenvalue weighted by Gasteiger charge is 2.17. The van der Waals surface area contributed by atoms with Crippen molar-refractivity contribution < 1.29 is 4.39 Å². The molecule has 0 radical (unpaired) electrons. The van der Waals surface area contributed by atoms with Crippen molar-refractivity contribution >= 4 is 22.3 Å². The lowest BCUT2D eigenvalue weighted by Crippen LogP contribution is -2.25. The number of nitrogen functional groups attached to an aromatic ring is 1. The molecule has 0 aliphatic carbocycles. The minimum absolute atomic E-state index is 0.211. The largest absolute Gasteiger partial charge is 0.398 e. The zero-order valence-corrected chi connectivity index (χ0v) is 11.6. The van der Waals surface area contributed by atoms with Gasteiger partial charge in [0, 0.05) is 23.3 Å². The normalized spacial score (nSPS) is 12.9. The third-order valence-electron chi connectivity index (χ3n) is 3.45. The summed E-state index contributed by atoms with van der Waals surface area (Å²) in [5.41, 5.74) is 7.31. The highest BCUT2D eigenvalue weighted by atomic mass is 19.1. The van der Waals surface area contributed by atoms with E-state index in [4.69, 9.17) is 5.73 Å². The fourth-order valence-electron chi connectivity index (χ4n) is 2.30. The molecule has 0 aliphatic heterocycles. The number of hydrogen-bond donors (Lipinski definition) is 2. The van der Waals surface area contributed by atoms with Gasteiger partial charge in [-0.15, -0.1) is 0 Å². The number of fused-ring (bicyclic) bond motifs is 1. The van der Waals surface area contributed by atoms with E-state index in [0.717, 1.165) is 11.8 Å². The number of nitrogens with zero attached hydrogens (tertiary/aromatic N) is 1. The molecule has 4 heteroatoms. The van der Waals surface area contributed by atoms with E-state index in [1.54, 1.807) is 12.3 Å². The topological polar surface area (TPSA) is 50.9 Å². The van der Waals surface area contributed by atoms with E-state index in [2.05, 4.69) is 31.1 Å². The van der Waals surface area contributed by atoms with Crippen LogP contribution >= 0.6 is 0 Å². The molecule has 3 N–H and O–H groups in total. The van der Waals surface area contributed by atoms with E-state index < -0.39 is 0 Å². The molecule has 0 saturated carbocycles. The summed E-state index contributed by atoms with van der Waals surface area (Å²) in [6.45, 7) is 6.32. The molecule has 0 spiro atoms. The van der Waals surface area contributed by atoms with Crippen LogP contribution in [0.3, 0.4) is 0 Å². The van der Waals surface area contributed by atoms with Crippen molar-refractivity contribution in [3.8, 4) is 0 Å². The first kappa shape index (κ1) is 13.6. The van der Waals surface area contributed by atoms with Gasteiger partial charge in [-0.1, -0.05) is 20.8 Å². The number of pyridine rings is 1. The summed E-state index contributed by atoms with van der Waals surface area (Å²) in [5, 5.41) is 4.06. The Morgan fingerprint density at radius 3 is 2.79 bits per heavy atom. The Kier molecular flexibility index (Phi) is 3.88. The van der Waals surface area contributed by atoms with Crippen molar-refractivity contribution in [3.63, 3.8) is 0 Å². The smallest absolute Gasteiger partial charge is 0.150 e. The molecular weight excluding hydrogens is 241 g/mol. The number of anilines is 2. The first-order valence-corrected chi connectivity index (χ1v) is 6.63. The average Bonchev–Trinajstić information content (AvgIpc) is 2.38. The second-order valence-corrected chi connectivity index (χ2v) is 5.13. The molecule has 0 aliphatic rings. The number of halogens is 1. The van der Waals surface area contributed by atoms with E-state index in [1.807, 2.05) is 6.07 Å². The Balaban J connectivity index is 2.53. The van der Waals surface area contributed by atoms with E-state index in [0.29, 0.717) is 22.8 Å². The van der Waals surface area contributed by atoms with Crippen LogP contribution in [0.2, 0.25) is 0 Å². The summed E-state index contributed by atoms with van der Waals surface area (Å²) >= 11 is 0. The van der Waals surface area contributed by atoms with E-state index >= 15 is 0 Å². The minimum Gasteiger partial charge on any atom is -0.398 e. The second-order valence-electron chi connectivity index (χ2n) is 5.13. The third kappa shape index (κ3) is 2.62. The van der Waals surface area contributed by atoms with Crippen molar-refractivity contribution in [2.45, 2.75) is 33.2 Å². The van der Waals surface area contributed by atoms with Gasteiger partial charge in [-0.2, -0.15) is 0 Å². The average molecular weight is 261 g/mol. The van der Waals surface area contributed by atoms with Crippen LogP contribution in [-0.2, 0) is 0 Å². The Hall–Kier alpha value is -1.84. The van der Waals surface area contributed by atoms with E-state index in [9.17, 15) is 4.39 Å². The van der Waals surface area contributed by atoms with Gasteiger partial charge in [-0.25, -0.2) is 4.39 Å². The lowest BCUT2D eigenvalue weighted by molar-refractivity contribution is 0.507. The van der Waals surface area contributed by atoms with Crippen molar-refractivity contribution in [2.75, 3.05) is 11.1 Å². The molecule has 1 atom stereocenters. The van der Waals surface area contributed by atoms with Gasteiger partial charge in [-0.3, -0.25) is 4.98 Å². The first-order chi connectivity index (χ1) is 9.04. The molecule has 0 fully saturated rings. The minimum atomic E-state index is -0.345. The van der Waals surface area contributed by atoms with Gasteiger partial charge in [0.25, 0.3) is 0 Å². The maximum absolute atomic E-state index is 14.2. The van der Waals surface area contributed by atoms with Gasteiger partial charge in [0.2, 0.25) is 0 Å². The molecule has 1 heterocycles. The zero-order valence-electron chi connectivity index (χ0n) is 11.6. The number of nitrogens with one attached hydrogen (secondary N) is 1. The van der Waals surface area contributed by atoms with E-state index in [1.165, 1.54) is 6.07 Å². The molecule has 0 amide bonds. The van der Waals surface area contributed by atoms with Crippen LogP contribution in [-0.4, -0.2) is 11.0 Å². The van der Waals surface area contributed by atoms with Crippen molar-refractivity contribution in [2.24, 2.45) is 5.92 Å². The summed E-state index contributed by atoms with van der Waals surface area (Å²) < 4.78 is 14.2. The predicted molar refractivity (Wildman–Crippen MR) is 78.7 cm³/mol. The molecule has 0 bridgehead atoms. The van der Waals surface area contributed by atoms with Crippen LogP contribution in [0.5, 0.6) is 0 Å². The summed E-state index contributed by atoms with van der Waals surface area (Å²) in [5.74, 6) is 0.0727. The molecule has 3 nitrogen and oxygen atoms in total. The Morgan fingerprint density at radius 2 is 2.16 bits per heavy atom. The summed E-state index contributed by atoms with van der Waals surface area (Å²) in [6, 6.07) is 5.24. The van der Waals surface area contributed by atoms with Gasteiger partial charge >= 0.3 is 0 Å². The fraction of sp³-hybridized carbons (Fsp3) is 0.400. The van der Waals surface area contributed by atoms with Crippen molar-refractivity contribution in [1.82, 2.24) is 4.98 Å². The van der Waals surface area contributed by atoms with Crippen molar-refractivity contribution in [1.29, 1.82) is 0 Å². The number of benzene rings is 1. The fourth-order valence-corrected chi connectivity index (χ4v) is 2.30. The Bertz CT molecular complexity index is 581. The quantitative estimate of drug-likeness (QED) is 0.823. The van der Waals surface area contributed by atoms with Crippen LogP contribution in [0.25, 0.3) is 10.9 Å². The molecule has 1 aromatic carbocycles. The SMILES string of the molecule is CCC(Nc1c(F)cc(N)c2cccnc12)C(C)C. The first-order valence-electron chi connectivity index (χ1n) is 6.63.